The average Bonchev–Trinajstić information content (AvgIpc) is 2.77. The van der Waals surface area contributed by atoms with Crippen molar-refractivity contribution in [2.75, 3.05) is 13.1 Å². The second-order valence-corrected chi connectivity index (χ2v) is 5.13. The lowest BCUT2D eigenvalue weighted by Crippen LogP contribution is -2.50. The predicted molar refractivity (Wildman–Crippen MR) is 70.2 cm³/mol. The van der Waals surface area contributed by atoms with Crippen molar-refractivity contribution >= 4 is 5.97 Å². The molecule has 2 rings (SSSR count). The van der Waals surface area contributed by atoms with Gasteiger partial charge in [-0.3, -0.25) is 9.69 Å². The Morgan fingerprint density at radius 2 is 2.26 bits per heavy atom. The van der Waals surface area contributed by atoms with Gasteiger partial charge >= 0.3 is 5.97 Å². The van der Waals surface area contributed by atoms with Gasteiger partial charge in [0.1, 0.15) is 11.4 Å². The number of nitrogens with zero attached hydrogens (tertiary/aromatic N) is 1. The van der Waals surface area contributed by atoms with Gasteiger partial charge in [-0.1, -0.05) is 25.1 Å². The summed E-state index contributed by atoms with van der Waals surface area (Å²) < 4.78 is 13.9. The molecule has 1 heterocycles. The summed E-state index contributed by atoms with van der Waals surface area (Å²) in [5.41, 5.74) is 5.27. The molecular formula is C14H19FN2O2. The third kappa shape index (κ3) is 2.62. The van der Waals surface area contributed by atoms with E-state index in [1.165, 1.54) is 6.07 Å². The highest BCUT2D eigenvalue weighted by Crippen LogP contribution is 2.32. The van der Waals surface area contributed by atoms with Crippen LogP contribution in [-0.4, -0.2) is 34.6 Å². The minimum atomic E-state index is -1.21. The third-order valence-electron chi connectivity index (χ3n) is 3.85. The number of benzene rings is 1. The van der Waals surface area contributed by atoms with Crippen LogP contribution < -0.4 is 5.73 Å². The molecule has 0 bridgehead atoms. The standard InChI is InChI=1S/C14H19FN2O2/c1-2-12(10-5-3-4-6-11(10)15)17-8-7-14(16,9-17)13(18)19/h3-6,12H,2,7-9,16H2,1H3,(H,18,19). The summed E-state index contributed by atoms with van der Waals surface area (Å²) in [6.07, 6.45) is 1.11. The van der Waals surface area contributed by atoms with E-state index in [-0.39, 0.29) is 18.4 Å². The number of hydrogen-bond acceptors (Lipinski definition) is 3. The summed E-state index contributed by atoms with van der Waals surface area (Å²) in [6.45, 7) is 2.80. The molecule has 1 aromatic rings. The van der Waals surface area contributed by atoms with Gasteiger partial charge < -0.3 is 10.8 Å². The number of halogens is 1. The van der Waals surface area contributed by atoms with E-state index in [9.17, 15) is 9.18 Å². The van der Waals surface area contributed by atoms with Gasteiger partial charge in [-0.2, -0.15) is 0 Å². The molecule has 1 saturated heterocycles. The normalized spacial score (nSPS) is 25.4. The highest BCUT2D eigenvalue weighted by atomic mass is 19.1. The van der Waals surface area contributed by atoms with E-state index >= 15 is 0 Å². The molecule has 4 nitrogen and oxygen atoms in total. The number of carbonyl (C=O) groups is 1. The fraction of sp³-hybridized carbons (Fsp3) is 0.500. The van der Waals surface area contributed by atoms with Crippen molar-refractivity contribution < 1.29 is 14.3 Å². The fourth-order valence-electron chi connectivity index (χ4n) is 2.72. The van der Waals surface area contributed by atoms with Crippen LogP contribution in [-0.2, 0) is 4.79 Å². The van der Waals surface area contributed by atoms with Gasteiger partial charge in [-0.25, -0.2) is 4.39 Å². The first-order valence-corrected chi connectivity index (χ1v) is 6.48. The van der Waals surface area contributed by atoms with Gasteiger partial charge in [-0.15, -0.1) is 0 Å². The molecule has 0 radical (unpaired) electrons. The average molecular weight is 266 g/mol. The molecule has 0 amide bonds. The molecule has 3 N–H and O–H groups in total. The predicted octanol–water partition coefficient (Wildman–Crippen LogP) is 1.76. The maximum atomic E-state index is 13.9. The minimum Gasteiger partial charge on any atom is -0.480 e. The summed E-state index contributed by atoms with van der Waals surface area (Å²) in [4.78, 5) is 13.1. The molecule has 1 aromatic carbocycles. The Morgan fingerprint density at radius 3 is 2.79 bits per heavy atom. The number of carboxylic acids is 1. The van der Waals surface area contributed by atoms with Gasteiger partial charge in [0, 0.05) is 24.7 Å². The molecule has 0 saturated carbocycles. The van der Waals surface area contributed by atoms with Gasteiger partial charge in [0.25, 0.3) is 0 Å². The second kappa shape index (κ2) is 5.27. The van der Waals surface area contributed by atoms with Crippen LogP contribution >= 0.6 is 0 Å². The first kappa shape index (κ1) is 14.0. The van der Waals surface area contributed by atoms with Crippen LogP contribution in [0.2, 0.25) is 0 Å². The number of hydrogen-bond donors (Lipinski definition) is 2. The van der Waals surface area contributed by atoms with E-state index in [0.717, 1.165) is 6.42 Å². The lowest BCUT2D eigenvalue weighted by atomic mass is 10.00. The van der Waals surface area contributed by atoms with Crippen LogP contribution in [0.5, 0.6) is 0 Å². The number of aliphatic carboxylic acids is 1. The molecule has 5 heteroatoms. The van der Waals surface area contributed by atoms with E-state index in [0.29, 0.717) is 18.5 Å². The van der Waals surface area contributed by atoms with E-state index in [1.807, 2.05) is 11.8 Å². The lowest BCUT2D eigenvalue weighted by molar-refractivity contribution is -0.142. The van der Waals surface area contributed by atoms with Gasteiger partial charge in [0.05, 0.1) is 0 Å². The molecule has 19 heavy (non-hydrogen) atoms. The van der Waals surface area contributed by atoms with Crippen molar-refractivity contribution in [1.29, 1.82) is 0 Å². The van der Waals surface area contributed by atoms with Crippen LogP contribution in [0.1, 0.15) is 31.4 Å². The molecule has 2 unspecified atom stereocenters. The summed E-state index contributed by atoms with van der Waals surface area (Å²) in [7, 11) is 0. The quantitative estimate of drug-likeness (QED) is 0.871. The summed E-state index contributed by atoms with van der Waals surface area (Å²) >= 11 is 0. The maximum Gasteiger partial charge on any atom is 0.325 e. The Hall–Kier alpha value is -1.46. The number of nitrogens with two attached hydrogens (primary N) is 1. The maximum absolute atomic E-state index is 13.9. The molecule has 0 aromatic heterocycles. The Morgan fingerprint density at radius 1 is 1.58 bits per heavy atom. The van der Waals surface area contributed by atoms with Crippen molar-refractivity contribution in [2.45, 2.75) is 31.3 Å². The smallest absolute Gasteiger partial charge is 0.325 e. The third-order valence-corrected chi connectivity index (χ3v) is 3.85. The highest BCUT2D eigenvalue weighted by Gasteiger charge is 2.43. The summed E-state index contributed by atoms with van der Waals surface area (Å²) in [6, 6.07) is 6.51. The monoisotopic (exact) mass is 266 g/mol. The first-order valence-electron chi connectivity index (χ1n) is 6.48. The molecule has 2 atom stereocenters. The van der Waals surface area contributed by atoms with Crippen molar-refractivity contribution in [2.24, 2.45) is 5.73 Å². The van der Waals surface area contributed by atoms with E-state index < -0.39 is 11.5 Å². The van der Waals surface area contributed by atoms with Gasteiger partial charge in [-0.05, 0) is 18.9 Å². The van der Waals surface area contributed by atoms with Crippen molar-refractivity contribution in [3.05, 3.63) is 35.6 Å². The number of carboxylic acid groups (broad SMARTS) is 1. The SMILES string of the molecule is CCC(c1ccccc1F)N1CCC(N)(C(=O)O)C1. The van der Waals surface area contributed by atoms with Crippen molar-refractivity contribution in [3.63, 3.8) is 0 Å². The van der Waals surface area contributed by atoms with Gasteiger partial charge in [0.15, 0.2) is 0 Å². The lowest BCUT2D eigenvalue weighted by Gasteiger charge is -2.28. The van der Waals surface area contributed by atoms with E-state index in [1.54, 1.807) is 18.2 Å². The van der Waals surface area contributed by atoms with Crippen LogP contribution in [0.3, 0.4) is 0 Å². The van der Waals surface area contributed by atoms with Crippen LogP contribution in [0.4, 0.5) is 4.39 Å². The zero-order chi connectivity index (χ0) is 14.0. The minimum absolute atomic E-state index is 0.119. The Bertz CT molecular complexity index is 480. The Labute approximate surface area is 112 Å². The molecule has 1 fully saturated rings. The molecule has 0 spiro atoms. The number of rotatable bonds is 4. The Balaban J connectivity index is 2.21. The van der Waals surface area contributed by atoms with Crippen LogP contribution in [0, 0.1) is 5.82 Å². The molecule has 1 aliphatic heterocycles. The Kier molecular flexibility index (Phi) is 3.87. The zero-order valence-electron chi connectivity index (χ0n) is 11.0. The van der Waals surface area contributed by atoms with E-state index in [2.05, 4.69) is 0 Å². The largest absolute Gasteiger partial charge is 0.480 e. The van der Waals surface area contributed by atoms with Crippen molar-refractivity contribution in [3.8, 4) is 0 Å². The topological polar surface area (TPSA) is 66.6 Å². The van der Waals surface area contributed by atoms with Gasteiger partial charge in [0.2, 0.25) is 0 Å². The molecular weight excluding hydrogens is 247 g/mol. The summed E-state index contributed by atoms with van der Waals surface area (Å²) in [5.74, 6) is -1.24. The van der Waals surface area contributed by atoms with Crippen molar-refractivity contribution in [1.82, 2.24) is 4.90 Å². The first-order chi connectivity index (χ1) is 8.98. The fourth-order valence-corrected chi connectivity index (χ4v) is 2.72. The van der Waals surface area contributed by atoms with E-state index in [4.69, 9.17) is 10.8 Å². The van der Waals surface area contributed by atoms with Crippen LogP contribution in [0.25, 0.3) is 0 Å². The molecule has 104 valence electrons. The zero-order valence-corrected chi connectivity index (χ0v) is 11.0. The number of likely N-dealkylation sites (tertiary alicyclic amines) is 1. The molecule has 1 aliphatic rings. The molecule has 0 aliphatic carbocycles. The highest BCUT2D eigenvalue weighted by molar-refractivity contribution is 5.79. The summed E-state index contributed by atoms with van der Waals surface area (Å²) in [5, 5.41) is 9.14. The second-order valence-electron chi connectivity index (χ2n) is 5.13. The van der Waals surface area contributed by atoms with Crippen LogP contribution in [0.15, 0.2) is 24.3 Å².